The molecule has 0 unspecified atom stereocenters. The first kappa shape index (κ1) is 5.98. The average Bonchev–Trinajstić information content (AvgIpc) is 1.61. The number of aliphatic hydroxyl groups excluding tert-OH is 1. The van der Waals surface area contributed by atoms with E-state index in [1.165, 1.54) is 0 Å². The molecular weight excluding hydrogens is 76.9 g/mol. The summed E-state index contributed by atoms with van der Waals surface area (Å²) in [6.45, 7) is 0.167. The third-order valence-corrected chi connectivity index (χ3v) is 0.478. The van der Waals surface area contributed by atoms with E-state index in [2.05, 4.69) is 5.32 Å². The average molecular weight is 85.9 g/mol. The second kappa shape index (κ2) is 4.98. The highest BCUT2D eigenvalue weighted by Crippen LogP contribution is 1.48. The molecule has 0 heterocycles. The molecule has 0 aliphatic heterocycles. The Morgan fingerprint density at radius 2 is 2.50 bits per heavy atom. The van der Waals surface area contributed by atoms with Gasteiger partial charge in [0.05, 0.1) is 0 Å². The molecule has 0 rings (SSSR count). The molecule has 3 heteroatoms. The summed E-state index contributed by atoms with van der Waals surface area (Å²) in [6, 6.07) is 0. The van der Waals surface area contributed by atoms with Crippen LogP contribution in [0, 0.1) is 0 Å². The molecule has 0 atom stereocenters. The molecule has 0 amide bonds. The highest BCUT2D eigenvalue weighted by atomic mass is 16.2. The van der Waals surface area contributed by atoms with Crippen LogP contribution >= 0.6 is 0 Å². The summed E-state index contributed by atoms with van der Waals surface area (Å²) in [7, 11) is 3.59. The van der Waals surface area contributed by atoms with E-state index in [4.69, 9.17) is 5.11 Å². The van der Waals surface area contributed by atoms with Crippen molar-refractivity contribution in [3.05, 3.63) is 0 Å². The second-order valence-electron chi connectivity index (χ2n) is 1.03. The molecule has 0 aliphatic rings. The van der Waals surface area contributed by atoms with Gasteiger partial charge in [-0.3, -0.25) is 0 Å². The Morgan fingerprint density at radius 1 is 1.83 bits per heavy atom. The summed E-state index contributed by atoms with van der Waals surface area (Å²) in [5, 5.41) is 11.0. The fourth-order valence-electron chi connectivity index (χ4n) is 0.209. The van der Waals surface area contributed by atoms with Crippen molar-refractivity contribution < 1.29 is 5.11 Å². The van der Waals surface area contributed by atoms with Crippen LogP contribution in [-0.4, -0.2) is 32.4 Å². The van der Waals surface area contributed by atoms with E-state index in [9.17, 15) is 0 Å². The van der Waals surface area contributed by atoms with E-state index < -0.39 is 0 Å². The maximum Gasteiger partial charge on any atom is 0.162 e. The highest BCUT2D eigenvalue weighted by molar-refractivity contribution is 6.35. The van der Waals surface area contributed by atoms with Crippen molar-refractivity contribution in [2.24, 2.45) is 0 Å². The van der Waals surface area contributed by atoms with Crippen molar-refractivity contribution in [3.8, 4) is 0 Å². The maximum absolute atomic E-state index is 8.10. The molecule has 6 heavy (non-hydrogen) atoms. The van der Waals surface area contributed by atoms with Gasteiger partial charge >= 0.3 is 0 Å². The molecule has 2 N–H and O–H groups in total. The molecule has 1 radical (unpaired) electrons. The third kappa shape index (κ3) is 3.98. The first-order valence-corrected chi connectivity index (χ1v) is 1.99. The predicted octanol–water partition coefficient (Wildman–Crippen LogP) is -1.18. The van der Waals surface area contributed by atoms with E-state index in [1.807, 2.05) is 7.05 Å². The van der Waals surface area contributed by atoms with Gasteiger partial charge in [0.2, 0.25) is 0 Å². The number of hydrogen-bond donors (Lipinski definition) is 2. The van der Waals surface area contributed by atoms with Crippen LogP contribution in [0.5, 0.6) is 0 Å². The minimum absolute atomic E-state index is 0.167. The zero-order valence-corrected chi connectivity index (χ0v) is 3.94. The first-order chi connectivity index (χ1) is 2.91. The topological polar surface area (TPSA) is 32.3 Å². The lowest BCUT2D eigenvalue weighted by Gasteiger charge is -1.87. The summed E-state index contributed by atoms with van der Waals surface area (Å²) in [5.41, 5.74) is 0. The Bertz CT molecular complexity index is 22.8. The molecule has 35 valence electrons. The second-order valence-corrected chi connectivity index (χ2v) is 1.03. The molecule has 0 saturated carbocycles. The molecule has 0 bridgehead atoms. The van der Waals surface area contributed by atoms with Gasteiger partial charge in [-0.1, -0.05) is 0 Å². The van der Waals surface area contributed by atoms with Crippen LogP contribution < -0.4 is 5.32 Å². The lowest BCUT2D eigenvalue weighted by Crippen LogP contribution is -2.17. The van der Waals surface area contributed by atoms with Crippen molar-refractivity contribution in [1.29, 1.82) is 0 Å². The molecule has 0 aromatic heterocycles. The third-order valence-electron chi connectivity index (χ3n) is 0.478. The zero-order valence-electron chi connectivity index (χ0n) is 3.94. The largest absolute Gasteiger partial charge is 0.405 e. The Morgan fingerprint density at radius 3 is 2.67 bits per heavy atom. The summed E-state index contributed by atoms with van der Waals surface area (Å²) in [4.78, 5) is 0. The lowest BCUT2D eigenvalue weighted by molar-refractivity contribution is 0.365. The molecule has 0 aromatic rings. The Labute approximate surface area is 38.8 Å². The van der Waals surface area contributed by atoms with Crippen molar-refractivity contribution in [3.63, 3.8) is 0 Å². The van der Waals surface area contributed by atoms with Crippen LogP contribution in [-0.2, 0) is 0 Å². The van der Waals surface area contributed by atoms with Crippen LogP contribution in [0.15, 0.2) is 0 Å². The Kier molecular flexibility index (Phi) is 4.97. The minimum Gasteiger partial charge on any atom is -0.405 e. The van der Waals surface area contributed by atoms with Gasteiger partial charge < -0.3 is 10.4 Å². The Balaban J connectivity index is 2.34. The molecule has 0 spiro atoms. The van der Waals surface area contributed by atoms with Gasteiger partial charge in [-0.25, -0.2) is 0 Å². The first-order valence-electron chi connectivity index (χ1n) is 1.99. The summed E-state index contributed by atoms with van der Waals surface area (Å²) >= 11 is 0. The van der Waals surface area contributed by atoms with Gasteiger partial charge in [0.15, 0.2) is 7.28 Å². The van der Waals surface area contributed by atoms with Crippen LogP contribution in [0.3, 0.4) is 0 Å². The fraction of sp³-hybridized carbons (Fsp3) is 1.00. The van der Waals surface area contributed by atoms with Gasteiger partial charge in [0, 0.05) is 6.51 Å². The van der Waals surface area contributed by atoms with Crippen molar-refractivity contribution in [1.82, 2.24) is 5.32 Å². The van der Waals surface area contributed by atoms with Crippen LogP contribution in [0.4, 0.5) is 0 Å². The van der Waals surface area contributed by atoms with Crippen LogP contribution in [0.1, 0.15) is 0 Å². The van der Waals surface area contributed by atoms with Crippen molar-refractivity contribution >= 4 is 7.28 Å². The highest BCUT2D eigenvalue weighted by Gasteiger charge is 1.78. The van der Waals surface area contributed by atoms with E-state index in [0.29, 0.717) is 0 Å². The van der Waals surface area contributed by atoms with Gasteiger partial charge in [-0.15, -0.1) is 0 Å². The van der Waals surface area contributed by atoms with Gasteiger partial charge in [-0.05, 0) is 13.5 Å². The molecule has 2 nitrogen and oxygen atoms in total. The standard InChI is InChI=1S/C3H9BNO/c1-5-2-4-3-6/h5-6H,2-3H2,1H3. The molecule has 0 aliphatic carbocycles. The van der Waals surface area contributed by atoms with Crippen molar-refractivity contribution in [2.75, 3.05) is 20.0 Å². The Hall–Kier alpha value is -0.0151. The monoisotopic (exact) mass is 86.1 g/mol. The minimum atomic E-state index is 0.167. The van der Waals surface area contributed by atoms with Crippen LogP contribution in [0.2, 0.25) is 0 Å². The number of nitrogens with one attached hydrogen (secondary N) is 1. The number of aliphatic hydroxyl groups is 1. The zero-order chi connectivity index (χ0) is 4.83. The number of rotatable bonds is 3. The van der Waals surface area contributed by atoms with Crippen molar-refractivity contribution in [2.45, 2.75) is 0 Å². The van der Waals surface area contributed by atoms with E-state index in [-0.39, 0.29) is 6.51 Å². The predicted molar refractivity (Wildman–Crippen MR) is 26.8 cm³/mol. The summed E-state index contributed by atoms with van der Waals surface area (Å²) < 4.78 is 0. The SMILES string of the molecule is CNC[B]CO. The summed E-state index contributed by atoms with van der Waals surface area (Å²) in [6.07, 6.45) is 0.788. The van der Waals surface area contributed by atoms with E-state index in [0.717, 1.165) is 6.44 Å². The van der Waals surface area contributed by atoms with E-state index >= 15 is 0 Å². The smallest absolute Gasteiger partial charge is 0.162 e. The van der Waals surface area contributed by atoms with E-state index in [1.54, 1.807) is 7.28 Å². The molecule has 0 fully saturated rings. The van der Waals surface area contributed by atoms with Crippen LogP contribution in [0.25, 0.3) is 0 Å². The molecule has 0 aromatic carbocycles. The normalized spacial score (nSPS) is 8.33. The fourth-order valence-corrected chi connectivity index (χ4v) is 0.209. The number of hydrogen-bond acceptors (Lipinski definition) is 2. The molecular formula is C3H9BNO. The maximum atomic E-state index is 8.10. The van der Waals surface area contributed by atoms with Gasteiger partial charge in [0.1, 0.15) is 0 Å². The van der Waals surface area contributed by atoms with Gasteiger partial charge in [-0.2, -0.15) is 0 Å². The molecule has 0 saturated heterocycles. The van der Waals surface area contributed by atoms with Gasteiger partial charge in [0.25, 0.3) is 0 Å². The lowest BCUT2D eigenvalue weighted by atomic mass is 9.81. The quantitative estimate of drug-likeness (QED) is 0.334. The summed E-state index contributed by atoms with van der Waals surface area (Å²) in [5.74, 6) is 0.